The van der Waals surface area contributed by atoms with Crippen molar-refractivity contribution in [3.05, 3.63) is 124 Å². The first kappa shape index (κ1) is 51.3. The minimum atomic E-state index is -0.114. The van der Waals surface area contributed by atoms with Gasteiger partial charge in [-0.2, -0.15) is 0 Å². The third kappa shape index (κ3) is 9.82. The lowest BCUT2D eigenvalue weighted by Gasteiger charge is -2.33. The molecule has 0 bridgehead atoms. The van der Waals surface area contributed by atoms with Crippen molar-refractivity contribution in [1.29, 1.82) is 0 Å². The maximum absolute atomic E-state index is 15.0. The average molecular weight is 1070 g/mol. The van der Waals surface area contributed by atoms with Gasteiger partial charge in [-0.1, -0.05) is 226 Å². The van der Waals surface area contributed by atoms with Crippen molar-refractivity contribution in [2.24, 2.45) is 0 Å². The summed E-state index contributed by atoms with van der Waals surface area (Å²) >= 11 is 7.80. The van der Waals surface area contributed by atoms with Gasteiger partial charge in [-0.3, -0.25) is 9.59 Å². The van der Waals surface area contributed by atoms with Crippen LogP contribution in [0.3, 0.4) is 0 Å². The van der Waals surface area contributed by atoms with E-state index in [1.807, 2.05) is 0 Å². The highest BCUT2D eigenvalue weighted by Crippen LogP contribution is 2.58. The quantitative estimate of drug-likeness (QED) is 0.0458. The Morgan fingerprint density at radius 1 is 0.300 bits per heavy atom. The van der Waals surface area contributed by atoms with Gasteiger partial charge in [0.2, 0.25) is 0 Å². The average Bonchev–Trinajstić information content (AvgIpc) is 3.99. The Labute approximate surface area is 437 Å². The molecule has 0 radical (unpaired) electrons. The van der Waals surface area contributed by atoms with Crippen LogP contribution >= 0.6 is 31.9 Å². The number of rotatable bonds is 28. The number of benzene rings is 5. The predicted molar refractivity (Wildman–Crippen MR) is 311 cm³/mol. The van der Waals surface area contributed by atoms with E-state index in [1.165, 1.54) is 199 Å². The highest BCUT2D eigenvalue weighted by Gasteiger charge is 2.45. The second-order valence-corrected chi connectivity index (χ2v) is 23.9. The Morgan fingerprint density at radius 2 is 0.571 bits per heavy atom. The summed E-state index contributed by atoms with van der Waals surface area (Å²) < 4.78 is 2.25. The van der Waals surface area contributed by atoms with Crippen molar-refractivity contribution in [3.8, 4) is 22.3 Å². The number of halogens is 2. The van der Waals surface area contributed by atoms with Crippen LogP contribution in [0.5, 0.6) is 0 Å². The van der Waals surface area contributed by atoms with Crippen molar-refractivity contribution in [2.45, 2.75) is 218 Å². The number of fused-ring (bicyclic) bond motifs is 12. The van der Waals surface area contributed by atoms with Crippen LogP contribution in [-0.4, -0.2) is 0 Å². The standard InChI is InChI=1S/C66H80Br2O2/c1-5-9-13-17-21-25-33-65(34-26-22-18-14-10-6-2)59-37-45(67)29-31-47(59)53-41-57-51(43-61(53)65)49-39-56-50(40-55(49)63(57)69)52-44-62-54(42-58(52)64(56)70)48-32-30-46(68)38-60(48)66(62,35-27-23-19-15-11-7-3)36-28-24-20-16-12-8-4/h29-32,37-44H,5-28,33-36H2,1-4H3. The monoisotopic (exact) mass is 1060 g/mol. The van der Waals surface area contributed by atoms with E-state index in [4.69, 9.17) is 0 Å². The lowest BCUT2D eigenvalue weighted by atomic mass is 9.70. The molecule has 0 unspecified atom stereocenters. The molecule has 370 valence electrons. The molecule has 0 spiro atoms. The first-order chi connectivity index (χ1) is 34.2. The molecule has 4 heteroatoms. The van der Waals surface area contributed by atoms with E-state index >= 15 is 9.59 Å². The highest BCUT2D eigenvalue weighted by atomic mass is 79.9. The topological polar surface area (TPSA) is 34.1 Å². The van der Waals surface area contributed by atoms with Crippen LogP contribution in [0, 0.1) is 0 Å². The molecule has 2 aliphatic carbocycles. The molecule has 0 saturated carbocycles. The molecule has 0 aliphatic heterocycles. The van der Waals surface area contributed by atoms with Crippen molar-refractivity contribution >= 4 is 74.9 Å². The Morgan fingerprint density at radius 3 is 0.900 bits per heavy atom. The number of hydrogen-bond acceptors (Lipinski definition) is 2. The summed E-state index contributed by atoms with van der Waals surface area (Å²) in [5.74, 6) is 0. The zero-order valence-corrected chi connectivity index (χ0v) is 46.5. The fourth-order valence-corrected chi connectivity index (χ4v) is 14.4. The molecule has 70 heavy (non-hydrogen) atoms. The van der Waals surface area contributed by atoms with Gasteiger partial charge in [-0.25, -0.2) is 0 Å². The lowest BCUT2D eigenvalue weighted by Crippen LogP contribution is -2.25. The van der Waals surface area contributed by atoms with Gasteiger partial charge in [0.25, 0.3) is 0 Å². The first-order valence-corrected chi connectivity index (χ1v) is 30.1. The van der Waals surface area contributed by atoms with E-state index < -0.39 is 0 Å². The maximum Gasteiger partial charge on any atom is 0.194 e. The van der Waals surface area contributed by atoms with Crippen molar-refractivity contribution in [2.75, 3.05) is 0 Å². The molecule has 0 atom stereocenters. The Kier molecular flexibility index (Phi) is 16.9. The van der Waals surface area contributed by atoms with Gasteiger partial charge in [-0.05, 0) is 152 Å². The summed E-state index contributed by atoms with van der Waals surface area (Å²) in [5, 5.41) is 7.01. The molecular formula is C66H80Br2O2. The predicted octanol–water partition coefficient (Wildman–Crippen LogP) is 21.0. The molecule has 0 amide bonds. The Bertz CT molecular complexity index is 2800. The molecule has 7 aromatic rings. The van der Waals surface area contributed by atoms with Gasteiger partial charge in [0.05, 0.1) is 0 Å². The summed E-state index contributed by atoms with van der Waals surface area (Å²) in [6.07, 6.45) is 35.0. The largest absolute Gasteiger partial charge is 0.289 e. The molecule has 0 aromatic heterocycles. The molecule has 0 saturated heterocycles. The second kappa shape index (κ2) is 23.1. The van der Waals surface area contributed by atoms with Crippen LogP contribution in [0.2, 0.25) is 0 Å². The van der Waals surface area contributed by atoms with Crippen LogP contribution in [0.25, 0.3) is 65.3 Å². The fourth-order valence-electron chi connectivity index (χ4n) is 13.7. The van der Waals surface area contributed by atoms with Crippen LogP contribution in [0.4, 0.5) is 0 Å². The van der Waals surface area contributed by atoms with E-state index in [2.05, 4.69) is 132 Å². The molecule has 0 fully saturated rings. The molecule has 9 rings (SSSR count). The molecule has 0 heterocycles. The zero-order valence-electron chi connectivity index (χ0n) is 43.3. The van der Waals surface area contributed by atoms with Gasteiger partial charge in [-0.15, -0.1) is 0 Å². The summed E-state index contributed by atoms with van der Waals surface area (Å²) in [4.78, 5) is 30.0. The smallest absolute Gasteiger partial charge is 0.194 e. The van der Waals surface area contributed by atoms with Crippen LogP contribution in [0.15, 0.2) is 91.3 Å². The normalized spacial score (nSPS) is 14.4. The van der Waals surface area contributed by atoms with Crippen LogP contribution in [-0.2, 0) is 10.8 Å². The van der Waals surface area contributed by atoms with E-state index in [-0.39, 0.29) is 21.7 Å². The van der Waals surface area contributed by atoms with Crippen LogP contribution < -0.4 is 10.9 Å². The molecule has 2 nitrogen and oxygen atoms in total. The fraction of sp³-hybridized carbons (Fsp3) is 0.515. The molecule has 0 N–H and O–H groups in total. The van der Waals surface area contributed by atoms with Gasteiger partial charge < -0.3 is 0 Å². The van der Waals surface area contributed by atoms with E-state index in [9.17, 15) is 0 Å². The summed E-state index contributed by atoms with van der Waals surface area (Å²) in [6, 6.07) is 27.4. The minimum absolute atomic E-state index is 0.0958. The second-order valence-electron chi connectivity index (χ2n) is 22.1. The van der Waals surface area contributed by atoms with Gasteiger partial charge in [0, 0.05) is 41.3 Å². The van der Waals surface area contributed by atoms with E-state index in [0.29, 0.717) is 0 Å². The summed E-state index contributed by atoms with van der Waals surface area (Å²) in [7, 11) is 0. The number of hydrogen-bond donors (Lipinski definition) is 0. The SMILES string of the molecule is CCCCCCCCC1(CCCCCCCC)c2cc(Br)ccc2-c2cc3c(=O)c4cc5c(cc4c3cc21)c(=O)c1cc2c(cc15)C(CCCCCCCC)(CCCCCCCC)c1cc(Br)ccc1-2. The van der Waals surface area contributed by atoms with Crippen molar-refractivity contribution < 1.29 is 0 Å². The number of unbranched alkanes of at least 4 members (excludes halogenated alkanes) is 20. The van der Waals surface area contributed by atoms with E-state index in [1.54, 1.807) is 0 Å². The lowest BCUT2D eigenvalue weighted by molar-refractivity contribution is 0.398. The maximum atomic E-state index is 15.0. The van der Waals surface area contributed by atoms with Gasteiger partial charge in [0.15, 0.2) is 10.9 Å². The van der Waals surface area contributed by atoms with Gasteiger partial charge in [0.1, 0.15) is 0 Å². The Hall–Kier alpha value is -3.60. The molecular weight excluding hydrogens is 985 g/mol. The third-order valence-corrected chi connectivity index (χ3v) is 18.5. The Balaban J connectivity index is 1.17. The van der Waals surface area contributed by atoms with E-state index in [0.717, 1.165) is 77.7 Å². The first-order valence-electron chi connectivity index (χ1n) is 28.5. The molecule has 7 aromatic carbocycles. The zero-order chi connectivity index (χ0) is 48.8. The van der Waals surface area contributed by atoms with Crippen molar-refractivity contribution in [1.82, 2.24) is 0 Å². The summed E-state index contributed by atoms with van der Waals surface area (Å²) in [6.45, 7) is 9.20. The van der Waals surface area contributed by atoms with Crippen LogP contribution in [0.1, 0.15) is 230 Å². The van der Waals surface area contributed by atoms with Gasteiger partial charge >= 0.3 is 0 Å². The highest BCUT2D eigenvalue weighted by molar-refractivity contribution is 9.10. The third-order valence-electron chi connectivity index (χ3n) is 17.5. The van der Waals surface area contributed by atoms with Crippen molar-refractivity contribution in [3.63, 3.8) is 0 Å². The molecule has 2 aliphatic rings. The summed E-state index contributed by atoms with van der Waals surface area (Å²) in [5.41, 5.74) is 10.7. The minimum Gasteiger partial charge on any atom is -0.289 e.